The number of amides is 1. The fraction of sp³-hybridized carbons (Fsp3) is 0.500. The van der Waals surface area contributed by atoms with Crippen LogP contribution in [0.4, 0.5) is 4.39 Å². The van der Waals surface area contributed by atoms with Gasteiger partial charge in [-0.3, -0.25) is 4.79 Å². The standard InChI is InChI=1S/C14H19FN2O/c1-14(6-8-16-9-7-14)10-17-13(18)11-4-2-3-5-12(11)15/h2-5,16H,6-10H2,1H3,(H,17,18). The summed E-state index contributed by atoms with van der Waals surface area (Å²) in [4.78, 5) is 11.9. The van der Waals surface area contributed by atoms with Crippen LogP contribution >= 0.6 is 0 Å². The molecule has 0 aliphatic carbocycles. The highest BCUT2D eigenvalue weighted by Crippen LogP contribution is 2.26. The van der Waals surface area contributed by atoms with Gasteiger partial charge in [-0.2, -0.15) is 0 Å². The monoisotopic (exact) mass is 250 g/mol. The van der Waals surface area contributed by atoms with Crippen LogP contribution < -0.4 is 10.6 Å². The van der Waals surface area contributed by atoms with Crippen LogP contribution in [0.15, 0.2) is 24.3 Å². The van der Waals surface area contributed by atoms with Gasteiger partial charge in [0.05, 0.1) is 5.56 Å². The minimum atomic E-state index is -0.467. The van der Waals surface area contributed by atoms with Gasteiger partial charge < -0.3 is 10.6 Å². The largest absolute Gasteiger partial charge is 0.351 e. The Labute approximate surface area is 107 Å². The third-order valence-corrected chi connectivity index (χ3v) is 3.60. The Morgan fingerprint density at radius 1 is 1.39 bits per heavy atom. The lowest BCUT2D eigenvalue weighted by Gasteiger charge is -2.34. The maximum atomic E-state index is 13.4. The topological polar surface area (TPSA) is 41.1 Å². The Balaban J connectivity index is 1.94. The van der Waals surface area contributed by atoms with Gasteiger partial charge in [-0.15, -0.1) is 0 Å². The molecule has 0 atom stereocenters. The SMILES string of the molecule is CC1(CNC(=O)c2ccccc2F)CCNCC1. The van der Waals surface area contributed by atoms with Crippen LogP contribution in [-0.4, -0.2) is 25.5 Å². The second kappa shape index (κ2) is 5.48. The van der Waals surface area contributed by atoms with Crippen LogP contribution in [0.1, 0.15) is 30.1 Å². The zero-order valence-electron chi connectivity index (χ0n) is 10.6. The van der Waals surface area contributed by atoms with E-state index in [1.54, 1.807) is 12.1 Å². The summed E-state index contributed by atoms with van der Waals surface area (Å²) in [5, 5.41) is 6.14. The van der Waals surface area contributed by atoms with Crippen molar-refractivity contribution in [1.29, 1.82) is 0 Å². The van der Waals surface area contributed by atoms with Gasteiger partial charge in [0.2, 0.25) is 0 Å². The molecule has 1 aromatic rings. The van der Waals surface area contributed by atoms with E-state index >= 15 is 0 Å². The highest BCUT2D eigenvalue weighted by Gasteiger charge is 2.27. The normalized spacial score (nSPS) is 18.3. The lowest BCUT2D eigenvalue weighted by Crippen LogP contribution is -2.43. The molecule has 0 saturated carbocycles. The lowest BCUT2D eigenvalue weighted by molar-refractivity contribution is 0.0918. The van der Waals surface area contributed by atoms with Crippen molar-refractivity contribution < 1.29 is 9.18 Å². The first-order chi connectivity index (χ1) is 8.61. The molecule has 4 heteroatoms. The van der Waals surface area contributed by atoms with Crippen molar-refractivity contribution in [2.75, 3.05) is 19.6 Å². The number of nitrogens with one attached hydrogen (secondary N) is 2. The summed E-state index contributed by atoms with van der Waals surface area (Å²) in [6.45, 7) is 4.72. The Morgan fingerprint density at radius 3 is 2.72 bits per heavy atom. The predicted octanol–water partition coefficient (Wildman–Crippen LogP) is 1.95. The smallest absolute Gasteiger partial charge is 0.254 e. The van der Waals surface area contributed by atoms with Crippen molar-refractivity contribution in [2.45, 2.75) is 19.8 Å². The number of carbonyl (C=O) groups excluding carboxylic acids is 1. The third kappa shape index (κ3) is 3.07. The van der Waals surface area contributed by atoms with Gasteiger partial charge in [-0.25, -0.2) is 4.39 Å². The Morgan fingerprint density at radius 2 is 2.06 bits per heavy atom. The van der Waals surface area contributed by atoms with E-state index in [-0.39, 0.29) is 16.9 Å². The average molecular weight is 250 g/mol. The quantitative estimate of drug-likeness (QED) is 0.861. The maximum Gasteiger partial charge on any atom is 0.254 e. The van der Waals surface area contributed by atoms with E-state index in [4.69, 9.17) is 0 Å². The van der Waals surface area contributed by atoms with Crippen LogP contribution in [0.5, 0.6) is 0 Å². The molecule has 0 unspecified atom stereocenters. The number of piperidine rings is 1. The minimum Gasteiger partial charge on any atom is -0.351 e. The van der Waals surface area contributed by atoms with Crippen LogP contribution in [0.2, 0.25) is 0 Å². The number of hydrogen-bond acceptors (Lipinski definition) is 2. The molecule has 2 rings (SSSR count). The molecular formula is C14H19FN2O. The molecule has 0 radical (unpaired) electrons. The molecule has 1 heterocycles. The molecule has 2 N–H and O–H groups in total. The van der Waals surface area contributed by atoms with Crippen molar-refractivity contribution in [3.63, 3.8) is 0 Å². The average Bonchev–Trinajstić information content (AvgIpc) is 2.38. The number of hydrogen-bond donors (Lipinski definition) is 2. The molecule has 1 saturated heterocycles. The van der Waals surface area contributed by atoms with E-state index < -0.39 is 5.82 Å². The molecule has 0 aromatic heterocycles. The van der Waals surface area contributed by atoms with Gasteiger partial charge in [-0.05, 0) is 43.5 Å². The van der Waals surface area contributed by atoms with Crippen molar-refractivity contribution >= 4 is 5.91 Å². The molecule has 3 nitrogen and oxygen atoms in total. The summed E-state index contributed by atoms with van der Waals surface area (Å²) < 4.78 is 13.4. The van der Waals surface area contributed by atoms with Crippen molar-refractivity contribution in [3.05, 3.63) is 35.6 Å². The molecule has 1 amide bonds. The minimum absolute atomic E-state index is 0.117. The van der Waals surface area contributed by atoms with Crippen molar-refractivity contribution in [1.82, 2.24) is 10.6 Å². The number of halogens is 1. The zero-order valence-corrected chi connectivity index (χ0v) is 10.6. The highest BCUT2D eigenvalue weighted by molar-refractivity contribution is 5.94. The summed E-state index contributed by atoms with van der Waals surface area (Å²) in [5.74, 6) is -0.793. The predicted molar refractivity (Wildman–Crippen MR) is 68.9 cm³/mol. The highest BCUT2D eigenvalue weighted by atomic mass is 19.1. The van der Waals surface area contributed by atoms with Crippen molar-refractivity contribution in [3.8, 4) is 0 Å². The molecular weight excluding hydrogens is 231 g/mol. The first kappa shape index (κ1) is 13.0. The first-order valence-corrected chi connectivity index (χ1v) is 6.34. The molecule has 0 bridgehead atoms. The molecule has 98 valence electrons. The number of rotatable bonds is 3. The van der Waals surface area contributed by atoms with Gasteiger partial charge in [0, 0.05) is 6.54 Å². The van der Waals surface area contributed by atoms with Gasteiger partial charge >= 0.3 is 0 Å². The second-order valence-corrected chi connectivity index (χ2v) is 5.22. The summed E-state index contributed by atoms with van der Waals surface area (Å²) in [7, 11) is 0. The van der Waals surface area contributed by atoms with Gasteiger partial charge in [0.1, 0.15) is 5.82 Å². The van der Waals surface area contributed by atoms with Gasteiger partial charge in [0.15, 0.2) is 0 Å². The maximum absolute atomic E-state index is 13.4. The van der Waals surface area contributed by atoms with E-state index in [1.807, 2.05) is 0 Å². The fourth-order valence-corrected chi connectivity index (χ4v) is 2.24. The Hall–Kier alpha value is -1.42. The Kier molecular flexibility index (Phi) is 3.97. The van der Waals surface area contributed by atoms with E-state index in [9.17, 15) is 9.18 Å². The van der Waals surface area contributed by atoms with E-state index in [0.717, 1.165) is 25.9 Å². The molecule has 0 spiro atoms. The zero-order chi connectivity index (χ0) is 13.0. The van der Waals surface area contributed by atoms with E-state index in [0.29, 0.717) is 6.54 Å². The number of carbonyl (C=O) groups is 1. The van der Waals surface area contributed by atoms with Gasteiger partial charge in [-0.1, -0.05) is 19.1 Å². The molecule has 18 heavy (non-hydrogen) atoms. The summed E-state index contributed by atoms with van der Waals surface area (Å²) in [6, 6.07) is 6.07. The van der Waals surface area contributed by atoms with E-state index in [2.05, 4.69) is 17.6 Å². The van der Waals surface area contributed by atoms with Crippen molar-refractivity contribution in [2.24, 2.45) is 5.41 Å². The van der Waals surface area contributed by atoms with Crippen LogP contribution in [-0.2, 0) is 0 Å². The van der Waals surface area contributed by atoms with Crippen LogP contribution in [0.25, 0.3) is 0 Å². The molecule has 1 aliphatic heterocycles. The fourth-order valence-electron chi connectivity index (χ4n) is 2.24. The summed E-state index contributed by atoms with van der Waals surface area (Å²) in [5.41, 5.74) is 0.238. The lowest BCUT2D eigenvalue weighted by atomic mass is 9.81. The first-order valence-electron chi connectivity index (χ1n) is 6.34. The molecule has 1 aliphatic rings. The molecule has 1 fully saturated rings. The third-order valence-electron chi connectivity index (χ3n) is 3.60. The number of benzene rings is 1. The van der Waals surface area contributed by atoms with Gasteiger partial charge in [0.25, 0.3) is 5.91 Å². The molecule has 1 aromatic carbocycles. The van der Waals surface area contributed by atoms with Crippen LogP contribution in [0, 0.1) is 11.2 Å². The summed E-state index contributed by atoms with van der Waals surface area (Å²) >= 11 is 0. The van der Waals surface area contributed by atoms with E-state index in [1.165, 1.54) is 12.1 Å². The second-order valence-electron chi connectivity index (χ2n) is 5.22. The Bertz CT molecular complexity index is 428. The summed E-state index contributed by atoms with van der Waals surface area (Å²) in [6.07, 6.45) is 2.06. The van der Waals surface area contributed by atoms with Crippen LogP contribution in [0.3, 0.4) is 0 Å².